The minimum absolute atomic E-state index is 0.0739. The molecule has 1 aromatic rings. The number of fused-ring (bicyclic) bond motifs is 2. The molecule has 7 heteroatoms. The summed E-state index contributed by atoms with van der Waals surface area (Å²) in [6, 6.07) is 3.42. The molecule has 23 heavy (non-hydrogen) atoms. The van der Waals surface area contributed by atoms with E-state index < -0.39 is 29.0 Å². The Bertz CT molecular complexity index is 605. The van der Waals surface area contributed by atoms with Gasteiger partial charge in [0, 0.05) is 25.2 Å². The van der Waals surface area contributed by atoms with Crippen LogP contribution in [0.5, 0.6) is 0 Å². The van der Waals surface area contributed by atoms with E-state index in [-0.39, 0.29) is 6.04 Å². The number of alkyl halides is 3. The summed E-state index contributed by atoms with van der Waals surface area (Å²) in [7, 11) is 1.54. The fourth-order valence-electron chi connectivity index (χ4n) is 3.62. The van der Waals surface area contributed by atoms with Crippen LogP contribution in [-0.2, 0) is 6.18 Å². The van der Waals surface area contributed by atoms with Gasteiger partial charge in [-0.25, -0.2) is 4.39 Å². The maximum atomic E-state index is 14.1. The van der Waals surface area contributed by atoms with Crippen LogP contribution < -0.4 is 5.32 Å². The van der Waals surface area contributed by atoms with Crippen molar-refractivity contribution in [3.05, 3.63) is 35.1 Å². The molecule has 2 aliphatic heterocycles. The third-order valence-electron chi connectivity index (χ3n) is 4.85. The molecular formula is C16H18F4N2O. The number of carbonyl (C=O) groups is 1. The summed E-state index contributed by atoms with van der Waals surface area (Å²) in [6.07, 6.45) is -1.23. The zero-order valence-corrected chi connectivity index (χ0v) is 12.7. The lowest BCUT2D eigenvalue weighted by Crippen LogP contribution is -2.48. The molecule has 3 rings (SSSR count). The molecule has 0 radical (unpaired) electrons. The number of nitrogens with zero attached hydrogens (tertiary/aromatic N) is 1. The van der Waals surface area contributed by atoms with Gasteiger partial charge in [0.2, 0.25) is 0 Å². The Morgan fingerprint density at radius 2 is 1.83 bits per heavy atom. The summed E-state index contributed by atoms with van der Waals surface area (Å²) in [5, 5.41) is 3.43. The molecular weight excluding hydrogens is 312 g/mol. The largest absolute Gasteiger partial charge is 0.419 e. The van der Waals surface area contributed by atoms with Crippen molar-refractivity contribution in [3.63, 3.8) is 0 Å². The average Bonchev–Trinajstić information content (AvgIpc) is 2.83. The van der Waals surface area contributed by atoms with Gasteiger partial charge in [0.25, 0.3) is 5.91 Å². The Morgan fingerprint density at radius 3 is 2.39 bits per heavy atom. The SMILES string of the molecule is CN(C(=O)c1cccc(C(F)(F)F)c1F)C1C[C@H]2CC[C@@H](C1)N2. The van der Waals surface area contributed by atoms with Crippen molar-refractivity contribution in [1.29, 1.82) is 0 Å². The van der Waals surface area contributed by atoms with Gasteiger partial charge in [0.1, 0.15) is 5.82 Å². The molecule has 0 saturated carbocycles. The first-order valence-corrected chi connectivity index (χ1v) is 7.66. The Morgan fingerprint density at radius 1 is 1.22 bits per heavy atom. The predicted molar refractivity (Wildman–Crippen MR) is 76.5 cm³/mol. The van der Waals surface area contributed by atoms with E-state index in [0.717, 1.165) is 37.8 Å². The number of hydrogen-bond acceptors (Lipinski definition) is 2. The highest BCUT2D eigenvalue weighted by Gasteiger charge is 2.39. The Hall–Kier alpha value is -1.63. The van der Waals surface area contributed by atoms with Crippen molar-refractivity contribution in [2.45, 2.75) is 50.0 Å². The zero-order valence-electron chi connectivity index (χ0n) is 12.7. The topological polar surface area (TPSA) is 32.3 Å². The van der Waals surface area contributed by atoms with E-state index in [1.54, 1.807) is 0 Å². The molecule has 1 amide bonds. The molecule has 3 nitrogen and oxygen atoms in total. The highest BCUT2D eigenvalue weighted by Crippen LogP contribution is 2.34. The number of benzene rings is 1. The number of amides is 1. The van der Waals surface area contributed by atoms with Crippen LogP contribution >= 0.6 is 0 Å². The summed E-state index contributed by atoms with van der Waals surface area (Å²) in [4.78, 5) is 13.9. The molecule has 0 aliphatic carbocycles. The van der Waals surface area contributed by atoms with E-state index in [1.807, 2.05) is 0 Å². The summed E-state index contributed by atoms with van der Waals surface area (Å²) in [5.74, 6) is -2.19. The van der Waals surface area contributed by atoms with Gasteiger partial charge in [-0.15, -0.1) is 0 Å². The molecule has 1 unspecified atom stereocenters. The number of rotatable bonds is 2. The lowest BCUT2D eigenvalue weighted by molar-refractivity contribution is -0.140. The number of halogens is 4. The summed E-state index contributed by atoms with van der Waals surface area (Å²) in [6.45, 7) is 0. The highest BCUT2D eigenvalue weighted by molar-refractivity contribution is 5.94. The van der Waals surface area contributed by atoms with Gasteiger partial charge in [-0.05, 0) is 37.8 Å². The first kappa shape index (κ1) is 16.2. The van der Waals surface area contributed by atoms with E-state index in [4.69, 9.17) is 0 Å². The maximum absolute atomic E-state index is 14.1. The number of hydrogen-bond donors (Lipinski definition) is 1. The fourth-order valence-corrected chi connectivity index (χ4v) is 3.62. The summed E-state index contributed by atoms with van der Waals surface area (Å²) in [5.41, 5.74) is -1.92. The third kappa shape index (κ3) is 3.06. The Labute approximate surface area is 131 Å². The van der Waals surface area contributed by atoms with Crippen LogP contribution in [0.2, 0.25) is 0 Å². The van der Waals surface area contributed by atoms with Crippen LogP contribution in [0.3, 0.4) is 0 Å². The minimum atomic E-state index is -4.81. The third-order valence-corrected chi connectivity index (χ3v) is 4.85. The lowest BCUT2D eigenvalue weighted by Gasteiger charge is -2.35. The van der Waals surface area contributed by atoms with Gasteiger partial charge in [-0.1, -0.05) is 6.07 Å². The van der Waals surface area contributed by atoms with Crippen LogP contribution in [0.4, 0.5) is 17.6 Å². The van der Waals surface area contributed by atoms with E-state index in [0.29, 0.717) is 18.2 Å². The van der Waals surface area contributed by atoms with Gasteiger partial charge in [-0.3, -0.25) is 4.79 Å². The van der Waals surface area contributed by atoms with E-state index in [1.165, 1.54) is 11.9 Å². The van der Waals surface area contributed by atoms with Crippen LogP contribution in [-0.4, -0.2) is 36.0 Å². The molecule has 2 fully saturated rings. The maximum Gasteiger partial charge on any atom is 0.419 e. The van der Waals surface area contributed by atoms with Crippen molar-refractivity contribution < 1.29 is 22.4 Å². The smallest absolute Gasteiger partial charge is 0.339 e. The molecule has 2 saturated heterocycles. The van der Waals surface area contributed by atoms with Crippen LogP contribution in [0.15, 0.2) is 18.2 Å². The normalized spacial score (nSPS) is 27.1. The van der Waals surface area contributed by atoms with Gasteiger partial charge >= 0.3 is 6.18 Å². The lowest BCUT2D eigenvalue weighted by atomic mass is 9.97. The van der Waals surface area contributed by atoms with Gasteiger partial charge in [0.15, 0.2) is 0 Å². The fraction of sp³-hybridized carbons (Fsp3) is 0.562. The number of piperidine rings is 1. The first-order valence-electron chi connectivity index (χ1n) is 7.66. The second-order valence-corrected chi connectivity index (χ2v) is 6.34. The van der Waals surface area contributed by atoms with E-state index >= 15 is 0 Å². The number of nitrogens with one attached hydrogen (secondary N) is 1. The van der Waals surface area contributed by atoms with Crippen molar-refractivity contribution in [3.8, 4) is 0 Å². The molecule has 0 aromatic heterocycles. The molecule has 126 valence electrons. The van der Waals surface area contributed by atoms with Gasteiger partial charge < -0.3 is 10.2 Å². The van der Waals surface area contributed by atoms with E-state index in [2.05, 4.69) is 5.32 Å². The second-order valence-electron chi connectivity index (χ2n) is 6.34. The van der Waals surface area contributed by atoms with Crippen molar-refractivity contribution in [2.24, 2.45) is 0 Å². The van der Waals surface area contributed by atoms with Crippen LogP contribution in [0.1, 0.15) is 41.6 Å². The van der Waals surface area contributed by atoms with Crippen molar-refractivity contribution >= 4 is 5.91 Å². The summed E-state index contributed by atoms with van der Waals surface area (Å²) < 4.78 is 52.5. The minimum Gasteiger partial charge on any atom is -0.339 e. The standard InChI is InChI=1S/C16H18F4N2O/c1-22(11-7-9-5-6-10(8-11)21-9)15(23)12-3-2-4-13(14(12)17)16(18,19)20/h2-4,9-11,21H,5-8H2,1H3/t9-,10+,11?. The van der Waals surface area contributed by atoms with E-state index in [9.17, 15) is 22.4 Å². The van der Waals surface area contributed by atoms with Gasteiger partial charge in [0.05, 0.1) is 11.1 Å². The molecule has 2 heterocycles. The molecule has 1 N–H and O–H groups in total. The molecule has 3 atom stereocenters. The Balaban J connectivity index is 1.83. The second kappa shape index (κ2) is 5.78. The zero-order chi connectivity index (χ0) is 16.8. The summed E-state index contributed by atoms with van der Waals surface area (Å²) >= 11 is 0. The molecule has 2 aliphatic rings. The quantitative estimate of drug-likeness (QED) is 0.845. The monoisotopic (exact) mass is 330 g/mol. The van der Waals surface area contributed by atoms with Crippen LogP contribution in [0.25, 0.3) is 0 Å². The highest BCUT2D eigenvalue weighted by atomic mass is 19.4. The van der Waals surface area contributed by atoms with Crippen LogP contribution in [0, 0.1) is 5.82 Å². The van der Waals surface area contributed by atoms with Crippen molar-refractivity contribution in [2.75, 3.05) is 7.05 Å². The molecule has 2 bridgehead atoms. The Kier molecular flexibility index (Phi) is 4.08. The number of carbonyl (C=O) groups excluding carboxylic acids is 1. The average molecular weight is 330 g/mol. The van der Waals surface area contributed by atoms with Crippen molar-refractivity contribution in [1.82, 2.24) is 10.2 Å². The molecule has 0 spiro atoms. The predicted octanol–water partition coefficient (Wildman–Crippen LogP) is 3.20. The first-order chi connectivity index (χ1) is 10.8. The van der Waals surface area contributed by atoms with Gasteiger partial charge in [-0.2, -0.15) is 13.2 Å². The molecule has 1 aromatic carbocycles.